The maximum Gasteiger partial charge on any atom is 0.414 e. The van der Waals surface area contributed by atoms with Gasteiger partial charge in [0.25, 0.3) is 5.95 Å². The van der Waals surface area contributed by atoms with E-state index in [0.717, 1.165) is 6.20 Å². The smallest absolute Gasteiger partial charge is 0.414 e. The Labute approximate surface area is 225 Å². The summed E-state index contributed by atoms with van der Waals surface area (Å²) in [6, 6.07) is 14.2. The van der Waals surface area contributed by atoms with E-state index in [9.17, 15) is 13.6 Å². The predicted octanol–water partition coefficient (Wildman–Crippen LogP) is 4.67. The van der Waals surface area contributed by atoms with E-state index in [1.807, 2.05) is 0 Å². The van der Waals surface area contributed by atoms with Crippen LogP contribution in [-0.4, -0.2) is 37.9 Å². The van der Waals surface area contributed by atoms with Gasteiger partial charge in [-0.2, -0.15) is 19.7 Å². The molecule has 0 aliphatic heterocycles. The summed E-state index contributed by atoms with van der Waals surface area (Å²) in [5.41, 5.74) is 14.6. The van der Waals surface area contributed by atoms with Gasteiger partial charge in [0.1, 0.15) is 22.8 Å². The highest BCUT2D eigenvalue weighted by atomic mass is 35.5. The van der Waals surface area contributed by atoms with Gasteiger partial charge in [0.2, 0.25) is 0 Å². The van der Waals surface area contributed by atoms with E-state index in [4.69, 9.17) is 27.8 Å². The number of carbonyl (C=O) groups excluding carboxylic acids is 1. The number of nitrogens with two attached hydrogens (primary N) is 2. The third-order valence-corrected chi connectivity index (χ3v) is 6.16. The number of benzene rings is 2. The first-order valence-corrected chi connectivity index (χ1v) is 11.9. The molecule has 5 aromatic rings. The number of aromatic nitrogens is 5. The van der Waals surface area contributed by atoms with Crippen LogP contribution in [0.25, 0.3) is 17.0 Å². The fourth-order valence-corrected chi connectivity index (χ4v) is 4.22. The number of ether oxygens (including phenoxy) is 1. The fraction of sp³-hybridized carbons (Fsp3) is 0.115. The summed E-state index contributed by atoms with van der Waals surface area (Å²) in [5, 5.41) is 5.02. The zero-order chi connectivity index (χ0) is 27.7. The molecular weight excluding hydrogens is 530 g/mol. The predicted molar refractivity (Wildman–Crippen MR) is 142 cm³/mol. The first-order valence-electron chi connectivity index (χ1n) is 11.5. The van der Waals surface area contributed by atoms with Crippen molar-refractivity contribution in [2.24, 2.45) is 0 Å². The van der Waals surface area contributed by atoms with Crippen LogP contribution in [0.3, 0.4) is 0 Å². The lowest BCUT2D eigenvalue weighted by atomic mass is 10.1. The number of halogens is 3. The van der Waals surface area contributed by atoms with Crippen LogP contribution in [0.15, 0.2) is 60.8 Å². The van der Waals surface area contributed by atoms with Crippen molar-refractivity contribution in [1.29, 1.82) is 0 Å². The van der Waals surface area contributed by atoms with Crippen molar-refractivity contribution in [2.45, 2.75) is 13.0 Å². The topological polar surface area (TPSA) is 138 Å². The maximum absolute atomic E-state index is 14.3. The Hall–Kier alpha value is -4.84. The molecule has 0 fully saturated rings. The summed E-state index contributed by atoms with van der Waals surface area (Å²) >= 11 is 5.97. The minimum atomic E-state index is -0.748. The van der Waals surface area contributed by atoms with Gasteiger partial charge in [-0.25, -0.2) is 18.6 Å². The average Bonchev–Trinajstić information content (AvgIpc) is 3.26. The van der Waals surface area contributed by atoms with Gasteiger partial charge >= 0.3 is 6.09 Å². The molecule has 4 N–H and O–H groups in total. The number of fused-ring (bicyclic) bond motifs is 1. The second-order valence-electron chi connectivity index (χ2n) is 8.47. The second kappa shape index (κ2) is 10.5. The Balaban J connectivity index is 1.59. The summed E-state index contributed by atoms with van der Waals surface area (Å²) in [7, 11) is 1.22. The Kier molecular flexibility index (Phi) is 6.94. The molecule has 0 unspecified atom stereocenters. The van der Waals surface area contributed by atoms with Gasteiger partial charge in [0.05, 0.1) is 31.1 Å². The van der Waals surface area contributed by atoms with Crippen molar-refractivity contribution >= 4 is 46.1 Å². The highest BCUT2D eigenvalue weighted by Crippen LogP contribution is 2.32. The lowest BCUT2D eigenvalue weighted by molar-refractivity contribution is 0.178. The van der Waals surface area contributed by atoms with Gasteiger partial charge in [-0.05, 0) is 29.3 Å². The van der Waals surface area contributed by atoms with Gasteiger partial charge in [-0.15, -0.1) is 0 Å². The number of pyridine rings is 1. The van der Waals surface area contributed by atoms with Crippen molar-refractivity contribution in [2.75, 3.05) is 23.5 Å². The minimum Gasteiger partial charge on any atom is -0.452 e. The molecule has 0 spiro atoms. The molecule has 3 aromatic heterocycles. The van der Waals surface area contributed by atoms with Gasteiger partial charge < -0.3 is 16.2 Å². The molecule has 0 atom stereocenters. The number of hydrogen-bond acceptors (Lipinski definition) is 8. The SMILES string of the molecule is COC(=O)N(Cc1ccc(Cl)cc1)c1c(N)nc(-n2nc(Cc3ccccc3F)c3ncc(F)cc32)nc1N. The lowest BCUT2D eigenvalue weighted by Crippen LogP contribution is -2.32. The van der Waals surface area contributed by atoms with Crippen LogP contribution in [0.1, 0.15) is 16.8 Å². The molecule has 3 heterocycles. The molecule has 198 valence electrons. The van der Waals surface area contributed by atoms with Gasteiger partial charge in [-0.3, -0.25) is 4.90 Å². The number of carbonyl (C=O) groups is 1. The van der Waals surface area contributed by atoms with Crippen molar-refractivity contribution in [3.63, 3.8) is 0 Å². The van der Waals surface area contributed by atoms with Gasteiger partial charge in [0, 0.05) is 17.5 Å². The number of methoxy groups -OCH3 is 1. The van der Waals surface area contributed by atoms with E-state index in [-0.39, 0.29) is 41.8 Å². The Morgan fingerprint density at radius 3 is 2.44 bits per heavy atom. The summed E-state index contributed by atoms with van der Waals surface area (Å²) in [5.74, 6) is -1.44. The van der Waals surface area contributed by atoms with E-state index in [0.29, 0.717) is 27.4 Å². The van der Waals surface area contributed by atoms with Crippen LogP contribution in [0.2, 0.25) is 5.02 Å². The number of hydrogen-bond donors (Lipinski definition) is 2. The number of anilines is 3. The molecule has 1 amide bonds. The van der Waals surface area contributed by atoms with Crippen LogP contribution >= 0.6 is 11.6 Å². The summed E-state index contributed by atoms with van der Waals surface area (Å²) < 4.78 is 34.7. The van der Waals surface area contributed by atoms with Crippen molar-refractivity contribution < 1.29 is 18.3 Å². The Morgan fingerprint density at radius 1 is 1.08 bits per heavy atom. The number of rotatable bonds is 6. The molecule has 39 heavy (non-hydrogen) atoms. The minimum absolute atomic E-state index is 0.0212. The molecule has 0 radical (unpaired) electrons. The first kappa shape index (κ1) is 25.8. The molecular formula is C26H21ClF2N8O2. The first-order chi connectivity index (χ1) is 18.7. The molecule has 5 rings (SSSR count). The van der Waals surface area contributed by atoms with E-state index >= 15 is 0 Å². The number of nitrogen functional groups attached to an aromatic ring is 2. The van der Waals surface area contributed by atoms with Crippen LogP contribution in [0, 0.1) is 11.6 Å². The summed E-state index contributed by atoms with van der Waals surface area (Å²) in [4.78, 5) is 26.6. The Morgan fingerprint density at radius 2 is 1.77 bits per heavy atom. The molecule has 0 saturated carbocycles. The standard InChI is InChI=1S/C26H21ClF2N8O2/c1-39-26(38)36(13-14-6-8-16(27)9-7-14)22-23(30)33-25(34-24(22)31)37-20-11-17(28)12-32-21(20)19(35-37)10-15-4-2-3-5-18(15)29/h2-9,11-12H,10,13H2,1H3,(H4,30,31,33,34). The zero-order valence-corrected chi connectivity index (χ0v) is 21.2. The molecule has 0 bridgehead atoms. The van der Waals surface area contributed by atoms with Crippen LogP contribution in [0.4, 0.5) is 30.9 Å². The van der Waals surface area contributed by atoms with E-state index in [1.54, 1.807) is 42.5 Å². The third-order valence-electron chi connectivity index (χ3n) is 5.91. The largest absolute Gasteiger partial charge is 0.452 e. The molecule has 2 aromatic carbocycles. The quantitative estimate of drug-likeness (QED) is 0.311. The number of nitrogens with zero attached hydrogens (tertiary/aromatic N) is 6. The summed E-state index contributed by atoms with van der Waals surface area (Å²) in [6.45, 7) is 0.0353. The van der Waals surface area contributed by atoms with Crippen LogP contribution in [-0.2, 0) is 17.7 Å². The van der Waals surface area contributed by atoms with Crippen molar-refractivity contribution in [3.8, 4) is 5.95 Å². The van der Waals surface area contributed by atoms with E-state index < -0.39 is 17.7 Å². The highest BCUT2D eigenvalue weighted by molar-refractivity contribution is 6.30. The average molecular weight is 551 g/mol. The highest BCUT2D eigenvalue weighted by Gasteiger charge is 2.26. The normalized spacial score (nSPS) is 11.1. The van der Waals surface area contributed by atoms with Crippen molar-refractivity contribution in [3.05, 3.63) is 94.3 Å². The lowest BCUT2D eigenvalue weighted by Gasteiger charge is -2.23. The molecule has 10 nitrogen and oxygen atoms in total. The maximum atomic E-state index is 14.3. The fourth-order valence-electron chi connectivity index (χ4n) is 4.09. The summed E-state index contributed by atoms with van der Waals surface area (Å²) in [6.07, 6.45) is 0.369. The van der Waals surface area contributed by atoms with Crippen molar-refractivity contribution in [1.82, 2.24) is 24.7 Å². The molecule has 0 aliphatic carbocycles. The molecule has 0 saturated heterocycles. The number of amides is 1. The second-order valence-corrected chi connectivity index (χ2v) is 8.91. The third kappa shape index (κ3) is 5.14. The van der Waals surface area contributed by atoms with Gasteiger partial charge in [-0.1, -0.05) is 41.9 Å². The molecule has 13 heteroatoms. The van der Waals surface area contributed by atoms with Gasteiger partial charge in [0.15, 0.2) is 11.6 Å². The van der Waals surface area contributed by atoms with E-state index in [1.165, 1.54) is 28.8 Å². The monoisotopic (exact) mass is 550 g/mol. The van der Waals surface area contributed by atoms with Crippen LogP contribution in [0.5, 0.6) is 0 Å². The van der Waals surface area contributed by atoms with E-state index in [2.05, 4.69) is 20.1 Å². The zero-order valence-electron chi connectivity index (χ0n) is 20.5. The molecule has 0 aliphatic rings. The Bertz CT molecular complexity index is 1670. The van der Waals surface area contributed by atoms with Crippen LogP contribution < -0.4 is 16.4 Å².